The molecular formula is C27H29ClN4O3. The van der Waals surface area contributed by atoms with Crippen LogP contribution in [-0.2, 0) is 17.7 Å². The number of anilines is 3. The molecule has 1 heterocycles. The highest BCUT2D eigenvalue weighted by Crippen LogP contribution is 2.29. The maximum absolute atomic E-state index is 13.2. The summed E-state index contributed by atoms with van der Waals surface area (Å²) in [4.78, 5) is 27.9. The van der Waals surface area contributed by atoms with Crippen LogP contribution in [0.2, 0.25) is 5.02 Å². The van der Waals surface area contributed by atoms with E-state index in [2.05, 4.69) is 39.0 Å². The molecule has 3 N–H and O–H groups in total. The van der Waals surface area contributed by atoms with E-state index in [1.807, 2.05) is 18.2 Å². The van der Waals surface area contributed by atoms with Crippen LogP contribution in [0.5, 0.6) is 0 Å². The Kier molecular flexibility index (Phi) is 8.23. The van der Waals surface area contributed by atoms with Gasteiger partial charge >= 0.3 is 6.03 Å². The minimum absolute atomic E-state index is 0.184. The lowest BCUT2D eigenvalue weighted by atomic mass is 9.98. The number of fused-ring (bicyclic) bond motifs is 1. The fourth-order valence-corrected chi connectivity index (χ4v) is 4.24. The molecule has 4 rings (SSSR count). The Hall–Kier alpha value is -3.55. The normalized spacial score (nSPS) is 12.6. The van der Waals surface area contributed by atoms with E-state index in [4.69, 9.17) is 16.3 Å². The number of rotatable bonds is 8. The second kappa shape index (κ2) is 11.7. The lowest BCUT2D eigenvalue weighted by Gasteiger charge is -2.32. The SMILES string of the molecule is COCCCNC(=O)c1cc(NC(=O)Nc2ccc(Cl)cc2)ccc1N1CCc2ccccc2C1. The summed E-state index contributed by atoms with van der Waals surface area (Å²) in [7, 11) is 1.64. The van der Waals surface area contributed by atoms with Gasteiger partial charge in [-0.05, 0) is 66.4 Å². The van der Waals surface area contributed by atoms with Crippen molar-refractivity contribution in [1.82, 2.24) is 5.32 Å². The number of hydrogen-bond acceptors (Lipinski definition) is 4. The van der Waals surface area contributed by atoms with Crippen molar-refractivity contribution in [3.8, 4) is 0 Å². The van der Waals surface area contributed by atoms with Gasteiger partial charge < -0.3 is 25.6 Å². The van der Waals surface area contributed by atoms with Crippen LogP contribution in [0.15, 0.2) is 66.7 Å². The Morgan fingerprint density at radius 2 is 1.69 bits per heavy atom. The third-order valence-corrected chi connectivity index (χ3v) is 6.14. The van der Waals surface area contributed by atoms with Crippen LogP contribution in [-0.4, -0.2) is 38.7 Å². The van der Waals surface area contributed by atoms with Crippen LogP contribution >= 0.6 is 11.6 Å². The maximum atomic E-state index is 13.2. The molecule has 0 saturated carbocycles. The summed E-state index contributed by atoms with van der Waals surface area (Å²) >= 11 is 5.91. The lowest BCUT2D eigenvalue weighted by Crippen LogP contribution is -2.33. The summed E-state index contributed by atoms with van der Waals surface area (Å²) in [5.74, 6) is -0.184. The van der Waals surface area contributed by atoms with Gasteiger partial charge in [-0.15, -0.1) is 0 Å². The number of ether oxygens (including phenoxy) is 1. The maximum Gasteiger partial charge on any atom is 0.323 e. The second-order valence-electron chi connectivity index (χ2n) is 8.36. The number of carbonyl (C=O) groups excluding carboxylic acids is 2. The van der Waals surface area contributed by atoms with Crippen molar-refractivity contribution in [3.63, 3.8) is 0 Å². The predicted molar refractivity (Wildman–Crippen MR) is 141 cm³/mol. The quantitative estimate of drug-likeness (QED) is 0.372. The number of hydrogen-bond donors (Lipinski definition) is 3. The van der Waals surface area contributed by atoms with Gasteiger partial charge in [-0.3, -0.25) is 4.79 Å². The largest absolute Gasteiger partial charge is 0.385 e. The van der Waals surface area contributed by atoms with E-state index in [0.29, 0.717) is 35.1 Å². The van der Waals surface area contributed by atoms with Gasteiger partial charge in [0.1, 0.15) is 0 Å². The summed E-state index contributed by atoms with van der Waals surface area (Å²) in [5, 5.41) is 9.15. The number of benzene rings is 3. The van der Waals surface area contributed by atoms with Crippen LogP contribution in [0.25, 0.3) is 0 Å². The van der Waals surface area contributed by atoms with Crippen molar-refractivity contribution in [2.75, 3.05) is 42.3 Å². The monoisotopic (exact) mass is 492 g/mol. The van der Waals surface area contributed by atoms with E-state index in [9.17, 15) is 9.59 Å². The molecule has 0 bridgehead atoms. The zero-order valence-electron chi connectivity index (χ0n) is 19.6. The molecular weight excluding hydrogens is 464 g/mol. The van der Waals surface area contributed by atoms with E-state index in [0.717, 1.165) is 31.6 Å². The molecule has 3 aromatic carbocycles. The van der Waals surface area contributed by atoms with Crippen LogP contribution in [0, 0.1) is 0 Å². The van der Waals surface area contributed by atoms with Crippen LogP contribution < -0.4 is 20.9 Å². The van der Waals surface area contributed by atoms with Gasteiger partial charge in [-0.2, -0.15) is 0 Å². The van der Waals surface area contributed by atoms with Crippen molar-refractivity contribution >= 4 is 40.6 Å². The van der Waals surface area contributed by atoms with Gasteiger partial charge in [-0.1, -0.05) is 35.9 Å². The molecule has 0 atom stereocenters. The van der Waals surface area contributed by atoms with Gasteiger partial charge in [0, 0.05) is 55.4 Å². The highest BCUT2D eigenvalue weighted by molar-refractivity contribution is 6.30. The molecule has 0 radical (unpaired) electrons. The van der Waals surface area contributed by atoms with E-state index in [1.165, 1.54) is 11.1 Å². The van der Waals surface area contributed by atoms with Crippen molar-refractivity contribution in [2.45, 2.75) is 19.4 Å². The molecule has 1 aliphatic heterocycles. The number of urea groups is 1. The molecule has 3 amide bonds. The van der Waals surface area contributed by atoms with Gasteiger partial charge in [0.05, 0.1) is 5.56 Å². The number of nitrogens with one attached hydrogen (secondary N) is 3. The lowest BCUT2D eigenvalue weighted by molar-refractivity contribution is 0.0949. The minimum Gasteiger partial charge on any atom is -0.385 e. The van der Waals surface area contributed by atoms with Gasteiger partial charge in [-0.25, -0.2) is 4.79 Å². The van der Waals surface area contributed by atoms with Crippen molar-refractivity contribution in [1.29, 1.82) is 0 Å². The second-order valence-corrected chi connectivity index (χ2v) is 8.80. The Balaban J connectivity index is 1.53. The molecule has 0 aliphatic carbocycles. The van der Waals surface area contributed by atoms with Crippen molar-refractivity contribution < 1.29 is 14.3 Å². The first kappa shape index (κ1) is 24.6. The van der Waals surface area contributed by atoms with Crippen LogP contribution in [0.3, 0.4) is 0 Å². The highest BCUT2D eigenvalue weighted by Gasteiger charge is 2.22. The molecule has 0 aromatic heterocycles. The first-order chi connectivity index (χ1) is 17.0. The zero-order chi connectivity index (χ0) is 24.6. The Bertz CT molecular complexity index is 1180. The number of halogens is 1. The Morgan fingerprint density at radius 1 is 0.971 bits per heavy atom. The average molecular weight is 493 g/mol. The summed E-state index contributed by atoms with van der Waals surface area (Å²) in [6.45, 7) is 2.61. The van der Waals surface area contributed by atoms with Gasteiger partial charge in [0.2, 0.25) is 0 Å². The fraction of sp³-hybridized carbons (Fsp3) is 0.259. The first-order valence-corrected chi connectivity index (χ1v) is 12.0. The molecule has 1 aliphatic rings. The summed E-state index contributed by atoms with van der Waals surface area (Å²) in [5.41, 5.74) is 5.10. The Morgan fingerprint density at radius 3 is 2.46 bits per heavy atom. The topological polar surface area (TPSA) is 82.7 Å². The van der Waals surface area contributed by atoms with E-state index < -0.39 is 6.03 Å². The molecule has 0 saturated heterocycles. The predicted octanol–water partition coefficient (Wildman–Crippen LogP) is 5.31. The average Bonchev–Trinajstić information content (AvgIpc) is 2.87. The van der Waals surface area contributed by atoms with E-state index in [-0.39, 0.29) is 5.91 Å². The molecule has 0 spiro atoms. The van der Waals surface area contributed by atoms with Gasteiger partial charge in [0.15, 0.2) is 0 Å². The minimum atomic E-state index is -0.404. The Labute approximate surface area is 210 Å². The molecule has 35 heavy (non-hydrogen) atoms. The highest BCUT2D eigenvalue weighted by atomic mass is 35.5. The fourth-order valence-electron chi connectivity index (χ4n) is 4.11. The third-order valence-electron chi connectivity index (χ3n) is 5.88. The molecule has 8 heteroatoms. The summed E-state index contributed by atoms with van der Waals surface area (Å²) in [6, 6.07) is 20.3. The van der Waals surface area contributed by atoms with Crippen molar-refractivity contribution in [3.05, 3.63) is 88.4 Å². The van der Waals surface area contributed by atoms with Crippen molar-refractivity contribution in [2.24, 2.45) is 0 Å². The number of amides is 3. The molecule has 3 aromatic rings. The van der Waals surface area contributed by atoms with Gasteiger partial charge in [0.25, 0.3) is 5.91 Å². The van der Waals surface area contributed by atoms with Crippen LogP contribution in [0.4, 0.5) is 21.9 Å². The molecule has 0 unspecified atom stereocenters. The first-order valence-electron chi connectivity index (χ1n) is 11.6. The summed E-state index contributed by atoms with van der Waals surface area (Å²) in [6.07, 6.45) is 1.63. The van der Waals surface area contributed by atoms with Crippen LogP contribution in [0.1, 0.15) is 27.9 Å². The van der Waals surface area contributed by atoms with E-state index in [1.54, 1.807) is 37.4 Å². The number of nitrogens with zero attached hydrogens (tertiary/aromatic N) is 1. The standard InChI is InChI=1S/C27H29ClN4O3/c1-35-16-4-14-29-26(33)24-17-23(31-27(34)30-22-9-7-21(28)8-10-22)11-12-25(24)32-15-13-19-5-2-3-6-20(19)18-32/h2-3,5-12,17H,4,13-16,18H2,1H3,(H,29,33)(H2,30,31,34). The molecule has 0 fully saturated rings. The summed E-state index contributed by atoms with van der Waals surface area (Å²) < 4.78 is 5.08. The number of carbonyl (C=O) groups is 2. The zero-order valence-corrected chi connectivity index (χ0v) is 20.4. The molecule has 7 nitrogen and oxygen atoms in total. The van der Waals surface area contributed by atoms with E-state index >= 15 is 0 Å². The number of methoxy groups -OCH3 is 1. The molecule has 182 valence electrons. The third kappa shape index (κ3) is 6.53. The smallest absolute Gasteiger partial charge is 0.323 e.